The lowest BCUT2D eigenvalue weighted by Crippen LogP contribution is -2.17. The first kappa shape index (κ1) is 22.2. The van der Waals surface area contributed by atoms with Crippen molar-refractivity contribution in [2.75, 3.05) is 6.61 Å². The van der Waals surface area contributed by atoms with Gasteiger partial charge in [-0.3, -0.25) is 9.78 Å². The van der Waals surface area contributed by atoms with Crippen molar-refractivity contribution in [1.82, 2.24) is 10.4 Å². The molecular formula is C23H20BrN3O4. The van der Waals surface area contributed by atoms with Gasteiger partial charge in [0.1, 0.15) is 11.5 Å². The number of halogens is 1. The van der Waals surface area contributed by atoms with E-state index < -0.39 is 11.9 Å². The Morgan fingerprint density at radius 2 is 1.94 bits per heavy atom. The van der Waals surface area contributed by atoms with Gasteiger partial charge in [-0.2, -0.15) is 5.10 Å². The number of amides is 1. The van der Waals surface area contributed by atoms with E-state index in [2.05, 4.69) is 31.4 Å². The van der Waals surface area contributed by atoms with Crippen molar-refractivity contribution in [1.29, 1.82) is 0 Å². The van der Waals surface area contributed by atoms with Crippen LogP contribution in [0.1, 0.15) is 39.6 Å². The number of benzene rings is 2. The summed E-state index contributed by atoms with van der Waals surface area (Å²) < 4.78 is 11.8. The lowest BCUT2D eigenvalue weighted by atomic mass is 10.2. The monoisotopic (exact) mass is 481 g/mol. The number of nitrogens with one attached hydrogen (secondary N) is 1. The Kier molecular flexibility index (Phi) is 7.89. The molecule has 1 amide bonds. The van der Waals surface area contributed by atoms with Crippen LogP contribution < -0.4 is 14.9 Å². The van der Waals surface area contributed by atoms with E-state index in [1.165, 1.54) is 12.4 Å². The molecule has 1 N–H and O–H groups in total. The van der Waals surface area contributed by atoms with E-state index in [4.69, 9.17) is 9.47 Å². The molecule has 1 aromatic heterocycles. The van der Waals surface area contributed by atoms with Crippen molar-refractivity contribution in [3.05, 3.63) is 88.2 Å². The van der Waals surface area contributed by atoms with Gasteiger partial charge >= 0.3 is 5.97 Å². The van der Waals surface area contributed by atoms with Gasteiger partial charge in [-0.15, -0.1) is 0 Å². The third kappa shape index (κ3) is 6.48. The summed E-state index contributed by atoms with van der Waals surface area (Å²) in [4.78, 5) is 28.5. The number of hydrogen-bond donors (Lipinski definition) is 1. The van der Waals surface area contributed by atoms with Crippen molar-refractivity contribution < 1.29 is 19.1 Å². The van der Waals surface area contributed by atoms with Gasteiger partial charge in [0.15, 0.2) is 0 Å². The second-order valence-electron chi connectivity index (χ2n) is 6.39. The zero-order valence-electron chi connectivity index (χ0n) is 16.7. The molecule has 0 radical (unpaired) electrons. The van der Waals surface area contributed by atoms with Crippen LogP contribution in [0.4, 0.5) is 0 Å². The summed E-state index contributed by atoms with van der Waals surface area (Å²) in [5.74, 6) is 0.0831. The Balaban J connectivity index is 1.69. The Labute approximate surface area is 188 Å². The van der Waals surface area contributed by atoms with Crippen LogP contribution in [0.2, 0.25) is 0 Å². The van der Waals surface area contributed by atoms with E-state index in [9.17, 15) is 9.59 Å². The first-order valence-electron chi connectivity index (χ1n) is 9.55. The van der Waals surface area contributed by atoms with Gasteiger partial charge in [0.2, 0.25) is 0 Å². The van der Waals surface area contributed by atoms with E-state index in [1.54, 1.807) is 60.8 Å². The predicted octanol–water partition coefficient (Wildman–Crippen LogP) is 4.62. The summed E-state index contributed by atoms with van der Waals surface area (Å²) >= 11 is 3.38. The average Bonchev–Trinajstić information content (AvgIpc) is 2.80. The number of rotatable bonds is 8. The molecule has 0 aliphatic heterocycles. The smallest absolute Gasteiger partial charge is 0.343 e. The highest BCUT2D eigenvalue weighted by molar-refractivity contribution is 9.10. The zero-order chi connectivity index (χ0) is 22.1. The van der Waals surface area contributed by atoms with Crippen molar-refractivity contribution >= 4 is 34.0 Å². The second kappa shape index (κ2) is 11.0. The number of carbonyl (C=O) groups is 2. The Hall–Kier alpha value is -3.52. The number of pyridine rings is 1. The number of hydrazone groups is 1. The van der Waals surface area contributed by atoms with E-state index >= 15 is 0 Å². The van der Waals surface area contributed by atoms with Crippen LogP contribution in [0.3, 0.4) is 0 Å². The number of hydrogen-bond acceptors (Lipinski definition) is 6. The molecule has 3 aromatic rings. The van der Waals surface area contributed by atoms with Gasteiger partial charge in [0, 0.05) is 22.4 Å². The first-order valence-corrected chi connectivity index (χ1v) is 10.3. The van der Waals surface area contributed by atoms with Crippen LogP contribution in [0, 0.1) is 0 Å². The molecule has 0 aliphatic rings. The Bertz CT molecular complexity index is 1070. The van der Waals surface area contributed by atoms with Gasteiger partial charge in [-0.05, 0) is 61.0 Å². The molecule has 0 unspecified atom stereocenters. The molecule has 8 heteroatoms. The molecule has 0 atom stereocenters. The lowest BCUT2D eigenvalue weighted by Gasteiger charge is -2.09. The molecule has 0 saturated heterocycles. The number of aromatic nitrogens is 1. The summed E-state index contributed by atoms with van der Waals surface area (Å²) in [5, 5.41) is 3.96. The van der Waals surface area contributed by atoms with Crippen molar-refractivity contribution in [3.8, 4) is 11.5 Å². The van der Waals surface area contributed by atoms with E-state index in [1.807, 2.05) is 6.92 Å². The molecule has 31 heavy (non-hydrogen) atoms. The van der Waals surface area contributed by atoms with Gasteiger partial charge in [-0.25, -0.2) is 10.2 Å². The largest absolute Gasteiger partial charge is 0.494 e. The molecule has 3 rings (SSSR count). The minimum absolute atomic E-state index is 0.305. The number of ether oxygens (including phenoxy) is 2. The van der Waals surface area contributed by atoms with Crippen LogP contribution in [0.5, 0.6) is 11.5 Å². The average molecular weight is 482 g/mol. The molecule has 0 spiro atoms. The highest BCUT2D eigenvalue weighted by atomic mass is 79.9. The Morgan fingerprint density at radius 3 is 2.65 bits per heavy atom. The lowest BCUT2D eigenvalue weighted by molar-refractivity contribution is 0.0734. The van der Waals surface area contributed by atoms with Crippen molar-refractivity contribution in [2.24, 2.45) is 5.10 Å². The van der Waals surface area contributed by atoms with Crippen LogP contribution in [-0.4, -0.2) is 29.7 Å². The second-order valence-corrected chi connectivity index (χ2v) is 7.30. The summed E-state index contributed by atoms with van der Waals surface area (Å²) in [6.45, 7) is 2.64. The molecule has 0 fully saturated rings. The van der Waals surface area contributed by atoms with Gasteiger partial charge in [0.05, 0.1) is 23.9 Å². The van der Waals surface area contributed by atoms with Crippen LogP contribution in [-0.2, 0) is 0 Å². The predicted molar refractivity (Wildman–Crippen MR) is 121 cm³/mol. The van der Waals surface area contributed by atoms with Gasteiger partial charge in [-0.1, -0.05) is 22.9 Å². The van der Waals surface area contributed by atoms with Gasteiger partial charge < -0.3 is 9.47 Å². The molecule has 158 valence electrons. The molecule has 2 aromatic carbocycles. The maximum Gasteiger partial charge on any atom is 0.343 e. The van der Waals surface area contributed by atoms with E-state index in [-0.39, 0.29) is 0 Å². The van der Waals surface area contributed by atoms with E-state index in [0.717, 1.165) is 10.9 Å². The number of carbonyl (C=O) groups excluding carboxylic acids is 2. The topological polar surface area (TPSA) is 89.9 Å². The normalized spacial score (nSPS) is 10.6. The summed E-state index contributed by atoms with van der Waals surface area (Å²) in [7, 11) is 0. The molecular weight excluding hydrogens is 462 g/mol. The highest BCUT2D eigenvalue weighted by Gasteiger charge is 2.12. The van der Waals surface area contributed by atoms with Crippen molar-refractivity contribution in [2.45, 2.75) is 13.3 Å². The highest BCUT2D eigenvalue weighted by Crippen LogP contribution is 2.23. The molecule has 7 nitrogen and oxygen atoms in total. The van der Waals surface area contributed by atoms with Crippen molar-refractivity contribution in [3.63, 3.8) is 0 Å². The first-order chi connectivity index (χ1) is 15.1. The SMILES string of the molecule is CCCOc1ccc(C(=O)Oc2ccc(Br)cc2C=NNC(=O)c2cccnc2)cc1. The fourth-order valence-electron chi connectivity index (χ4n) is 2.50. The van der Waals surface area contributed by atoms with Crippen LogP contribution in [0.25, 0.3) is 0 Å². The third-order valence-electron chi connectivity index (χ3n) is 4.03. The fourth-order valence-corrected chi connectivity index (χ4v) is 2.88. The minimum atomic E-state index is -0.515. The quantitative estimate of drug-likeness (QED) is 0.219. The van der Waals surface area contributed by atoms with Crippen LogP contribution in [0.15, 0.2) is 76.6 Å². The fraction of sp³-hybridized carbons (Fsp3) is 0.130. The molecule has 1 heterocycles. The zero-order valence-corrected chi connectivity index (χ0v) is 18.3. The van der Waals surface area contributed by atoms with Gasteiger partial charge in [0.25, 0.3) is 5.91 Å². The third-order valence-corrected chi connectivity index (χ3v) is 4.52. The Morgan fingerprint density at radius 1 is 1.13 bits per heavy atom. The molecule has 0 aliphatic carbocycles. The summed E-state index contributed by atoms with van der Waals surface area (Å²) in [5.41, 5.74) is 3.70. The number of nitrogens with zero attached hydrogens (tertiary/aromatic N) is 2. The standard InChI is InChI=1S/C23H20BrN3O4/c1-2-12-30-20-8-5-16(6-9-20)23(29)31-21-10-7-19(24)13-18(21)15-26-27-22(28)17-4-3-11-25-14-17/h3-11,13-15H,2,12H2,1H3,(H,27,28). The maximum atomic E-state index is 12.5. The van der Waals surface area contributed by atoms with Crippen LogP contribution >= 0.6 is 15.9 Å². The van der Waals surface area contributed by atoms with E-state index in [0.29, 0.717) is 34.8 Å². The molecule has 0 saturated carbocycles. The summed E-state index contributed by atoms with van der Waals surface area (Å²) in [6.07, 6.45) is 5.33. The minimum Gasteiger partial charge on any atom is -0.494 e. The maximum absolute atomic E-state index is 12.5. The summed E-state index contributed by atoms with van der Waals surface area (Å²) in [6, 6.07) is 15.1. The molecule has 0 bridgehead atoms. The number of esters is 1.